The van der Waals surface area contributed by atoms with E-state index >= 15 is 0 Å². The van der Waals surface area contributed by atoms with Crippen molar-refractivity contribution < 1.29 is 4.79 Å². The number of nitrogens with one attached hydrogen (secondary N) is 1. The van der Waals surface area contributed by atoms with E-state index in [1.807, 2.05) is 0 Å². The number of amides is 1. The number of nitrogens with zero attached hydrogens (tertiary/aromatic N) is 1. The predicted octanol–water partition coefficient (Wildman–Crippen LogP) is 3.25. The Kier molecular flexibility index (Phi) is 4.31. The molecule has 2 aliphatic carbocycles. The zero-order valence-electron chi connectivity index (χ0n) is 14.1. The van der Waals surface area contributed by atoms with Crippen LogP contribution in [0.1, 0.15) is 59.8 Å². The van der Waals surface area contributed by atoms with Crippen LogP contribution in [-0.4, -0.2) is 29.6 Å². The SMILES string of the molecule is CC(C)CC1NC(C(C)C)N(CC(C2CC2)C2CC2)C1=O. The summed E-state index contributed by atoms with van der Waals surface area (Å²) in [6, 6.07) is 0.0523. The molecule has 3 aliphatic rings. The van der Waals surface area contributed by atoms with Crippen molar-refractivity contribution in [1.82, 2.24) is 10.2 Å². The number of carbonyl (C=O) groups excluding carboxylic acids is 1. The monoisotopic (exact) mass is 292 g/mol. The van der Waals surface area contributed by atoms with Crippen molar-refractivity contribution in [2.75, 3.05) is 6.54 Å². The summed E-state index contributed by atoms with van der Waals surface area (Å²) < 4.78 is 0. The van der Waals surface area contributed by atoms with Gasteiger partial charge < -0.3 is 4.90 Å². The van der Waals surface area contributed by atoms with Crippen LogP contribution in [0.3, 0.4) is 0 Å². The fourth-order valence-electron chi connectivity index (χ4n) is 4.06. The fourth-order valence-corrected chi connectivity index (χ4v) is 4.06. The number of rotatable bonds is 7. The molecule has 1 amide bonds. The van der Waals surface area contributed by atoms with Crippen LogP contribution in [0.2, 0.25) is 0 Å². The highest BCUT2D eigenvalue weighted by Gasteiger charge is 2.47. The third kappa shape index (κ3) is 3.44. The van der Waals surface area contributed by atoms with Gasteiger partial charge in [-0.1, -0.05) is 27.7 Å². The van der Waals surface area contributed by atoms with Crippen molar-refractivity contribution in [3.63, 3.8) is 0 Å². The van der Waals surface area contributed by atoms with Gasteiger partial charge in [-0.25, -0.2) is 0 Å². The maximum Gasteiger partial charge on any atom is 0.241 e. The first-order valence-electron chi connectivity index (χ1n) is 9.04. The van der Waals surface area contributed by atoms with E-state index in [1.165, 1.54) is 25.7 Å². The number of hydrogen-bond acceptors (Lipinski definition) is 2. The minimum absolute atomic E-state index is 0.0523. The van der Waals surface area contributed by atoms with E-state index < -0.39 is 0 Å². The predicted molar refractivity (Wildman–Crippen MR) is 85.7 cm³/mol. The second-order valence-corrected chi connectivity index (χ2v) is 8.37. The van der Waals surface area contributed by atoms with Crippen molar-refractivity contribution >= 4 is 5.91 Å². The van der Waals surface area contributed by atoms with Gasteiger partial charge in [-0.2, -0.15) is 0 Å². The van der Waals surface area contributed by atoms with Gasteiger partial charge in [0.25, 0.3) is 0 Å². The molecule has 0 bridgehead atoms. The molecule has 3 fully saturated rings. The molecule has 3 nitrogen and oxygen atoms in total. The molecule has 1 heterocycles. The minimum Gasteiger partial charge on any atom is -0.325 e. The second kappa shape index (κ2) is 5.91. The lowest BCUT2D eigenvalue weighted by Crippen LogP contribution is -2.44. The summed E-state index contributed by atoms with van der Waals surface area (Å²) in [6.07, 6.45) is 6.82. The average Bonchev–Trinajstić information content (AvgIpc) is 3.28. The summed E-state index contributed by atoms with van der Waals surface area (Å²) in [5.74, 6) is 4.06. The average molecular weight is 292 g/mol. The lowest BCUT2D eigenvalue weighted by molar-refractivity contribution is -0.131. The molecule has 0 aromatic carbocycles. The maximum absolute atomic E-state index is 12.8. The molecular weight excluding hydrogens is 260 g/mol. The summed E-state index contributed by atoms with van der Waals surface area (Å²) in [5.41, 5.74) is 0. The summed E-state index contributed by atoms with van der Waals surface area (Å²) in [7, 11) is 0. The van der Waals surface area contributed by atoms with Crippen LogP contribution >= 0.6 is 0 Å². The smallest absolute Gasteiger partial charge is 0.241 e. The van der Waals surface area contributed by atoms with Crippen molar-refractivity contribution in [1.29, 1.82) is 0 Å². The van der Waals surface area contributed by atoms with Crippen LogP contribution in [0, 0.1) is 29.6 Å². The van der Waals surface area contributed by atoms with E-state index in [4.69, 9.17) is 0 Å². The summed E-state index contributed by atoms with van der Waals surface area (Å²) in [5, 5.41) is 3.62. The summed E-state index contributed by atoms with van der Waals surface area (Å²) in [6.45, 7) is 9.90. The van der Waals surface area contributed by atoms with Gasteiger partial charge >= 0.3 is 0 Å². The number of hydrogen-bond donors (Lipinski definition) is 1. The van der Waals surface area contributed by atoms with Gasteiger partial charge in [0.05, 0.1) is 12.2 Å². The lowest BCUT2D eigenvalue weighted by atomic mass is 9.96. The molecule has 21 heavy (non-hydrogen) atoms. The Morgan fingerprint density at radius 3 is 2.10 bits per heavy atom. The van der Waals surface area contributed by atoms with E-state index in [0.29, 0.717) is 17.7 Å². The first-order valence-corrected chi connectivity index (χ1v) is 9.04. The molecule has 3 rings (SSSR count). The van der Waals surface area contributed by atoms with Crippen molar-refractivity contribution in [2.24, 2.45) is 29.6 Å². The molecular formula is C18H32N2O. The van der Waals surface area contributed by atoms with E-state index in [1.54, 1.807) is 0 Å². The lowest BCUT2D eigenvalue weighted by Gasteiger charge is -2.31. The highest BCUT2D eigenvalue weighted by Crippen LogP contribution is 2.49. The molecule has 120 valence electrons. The Morgan fingerprint density at radius 1 is 1.10 bits per heavy atom. The molecule has 1 aliphatic heterocycles. The Morgan fingerprint density at radius 2 is 1.67 bits per heavy atom. The van der Waals surface area contributed by atoms with Crippen molar-refractivity contribution in [3.8, 4) is 0 Å². The maximum atomic E-state index is 12.8. The topological polar surface area (TPSA) is 32.3 Å². The van der Waals surface area contributed by atoms with Gasteiger partial charge in [-0.15, -0.1) is 0 Å². The molecule has 0 aromatic rings. The molecule has 1 N–H and O–H groups in total. The van der Waals surface area contributed by atoms with Gasteiger partial charge in [0.1, 0.15) is 0 Å². The molecule has 2 saturated carbocycles. The Labute approximate surface area is 129 Å². The fraction of sp³-hybridized carbons (Fsp3) is 0.944. The third-order valence-electron chi connectivity index (χ3n) is 5.49. The summed E-state index contributed by atoms with van der Waals surface area (Å²) >= 11 is 0. The van der Waals surface area contributed by atoms with Gasteiger partial charge in [-0.3, -0.25) is 10.1 Å². The van der Waals surface area contributed by atoms with Crippen LogP contribution in [0.25, 0.3) is 0 Å². The van der Waals surface area contributed by atoms with Crippen molar-refractivity contribution in [2.45, 2.75) is 72.0 Å². The normalized spacial score (nSPS) is 30.2. The minimum atomic E-state index is 0.0523. The zero-order valence-corrected chi connectivity index (χ0v) is 14.1. The van der Waals surface area contributed by atoms with E-state index in [2.05, 4.69) is 37.9 Å². The van der Waals surface area contributed by atoms with Crippen LogP contribution in [0.15, 0.2) is 0 Å². The molecule has 3 heteroatoms. The van der Waals surface area contributed by atoms with Crippen LogP contribution in [0.4, 0.5) is 0 Å². The first kappa shape index (κ1) is 15.3. The molecule has 0 aromatic heterocycles. The van der Waals surface area contributed by atoms with E-state index in [0.717, 1.165) is 30.7 Å². The largest absolute Gasteiger partial charge is 0.325 e. The van der Waals surface area contributed by atoms with Crippen molar-refractivity contribution in [3.05, 3.63) is 0 Å². The van der Waals surface area contributed by atoms with Gasteiger partial charge in [-0.05, 0) is 61.7 Å². The Hall–Kier alpha value is -0.570. The first-order chi connectivity index (χ1) is 9.97. The Bertz CT molecular complexity index is 373. The zero-order chi connectivity index (χ0) is 15.1. The van der Waals surface area contributed by atoms with Crippen LogP contribution < -0.4 is 5.32 Å². The second-order valence-electron chi connectivity index (χ2n) is 8.37. The highest BCUT2D eigenvalue weighted by atomic mass is 16.2. The van der Waals surface area contributed by atoms with Gasteiger partial charge in [0.15, 0.2) is 0 Å². The highest BCUT2D eigenvalue weighted by molar-refractivity contribution is 5.84. The molecule has 0 radical (unpaired) electrons. The quantitative estimate of drug-likeness (QED) is 0.781. The molecule has 2 unspecified atom stereocenters. The number of carbonyl (C=O) groups is 1. The third-order valence-corrected chi connectivity index (χ3v) is 5.49. The standard InChI is InChI=1S/C18H32N2O/c1-11(2)9-16-18(21)20(17(19-16)12(3)4)10-15(13-5-6-13)14-7-8-14/h11-17,19H,5-10H2,1-4H3. The molecule has 0 spiro atoms. The van der Waals surface area contributed by atoms with E-state index in [9.17, 15) is 4.79 Å². The molecule has 1 saturated heterocycles. The van der Waals surface area contributed by atoms with Gasteiger partial charge in [0.2, 0.25) is 5.91 Å². The summed E-state index contributed by atoms with van der Waals surface area (Å²) in [4.78, 5) is 15.0. The van der Waals surface area contributed by atoms with E-state index in [-0.39, 0.29) is 12.2 Å². The van der Waals surface area contributed by atoms with Gasteiger partial charge in [0, 0.05) is 6.54 Å². The van der Waals surface area contributed by atoms with Crippen LogP contribution in [0.5, 0.6) is 0 Å². The Balaban J connectivity index is 1.69. The van der Waals surface area contributed by atoms with Crippen LogP contribution in [-0.2, 0) is 4.79 Å². The molecule has 2 atom stereocenters.